The topological polar surface area (TPSA) is 77.0 Å². The van der Waals surface area contributed by atoms with Crippen molar-refractivity contribution in [1.82, 2.24) is 19.8 Å². The number of nitrogens with zero attached hydrogens (tertiary/aromatic N) is 4. The van der Waals surface area contributed by atoms with Crippen molar-refractivity contribution in [3.63, 3.8) is 0 Å². The van der Waals surface area contributed by atoms with Crippen LogP contribution in [0.5, 0.6) is 0 Å². The van der Waals surface area contributed by atoms with Crippen LogP contribution in [0.25, 0.3) is 11.4 Å². The normalized spacial score (nSPS) is 15.3. The fourth-order valence-electron chi connectivity index (χ4n) is 3.10. The van der Waals surface area contributed by atoms with Gasteiger partial charge in [0, 0.05) is 23.7 Å². The zero-order chi connectivity index (χ0) is 17.8. The van der Waals surface area contributed by atoms with Gasteiger partial charge in [0.25, 0.3) is 0 Å². The van der Waals surface area contributed by atoms with Gasteiger partial charge in [0.15, 0.2) is 5.82 Å². The van der Waals surface area contributed by atoms with E-state index < -0.39 is 0 Å². The van der Waals surface area contributed by atoms with Crippen molar-refractivity contribution in [3.05, 3.63) is 29.3 Å². The maximum atomic E-state index is 12.4. The molecule has 1 amide bonds. The highest BCUT2D eigenvalue weighted by Crippen LogP contribution is 2.25. The minimum absolute atomic E-state index is 0.101. The van der Waals surface area contributed by atoms with Crippen molar-refractivity contribution in [2.45, 2.75) is 43.3 Å². The first-order valence-electron chi connectivity index (χ1n) is 8.41. The number of nitrogen functional groups attached to an aromatic ring is 1. The second kappa shape index (κ2) is 8.10. The summed E-state index contributed by atoms with van der Waals surface area (Å²) < 4.78 is 1.41. The summed E-state index contributed by atoms with van der Waals surface area (Å²) in [7, 11) is 1.89. The number of carbonyl (C=O) groups excluding carboxylic acids is 1. The van der Waals surface area contributed by atoms with E-state index in [1.807, 2.05) is 24.1 Å². The molecule has 0 aliphatic heterocycles. The van der Waals surface area contributed by atoms with Crippen LogP contribution in [-0.2, 0) is 4.79 Å². The lowest BCUT2D eigenvalue weighted by atomic mass is 9.94. The van der Waals surface area contributed by atoms with E-state index in [0.717, 1.165) is 18.4 Å². The number of amides is 1. The van der Waals surface area contributed by atoms with Gasteiger partial charge in [-0.2, -0.15) is 0 Å². The van der Waals surface area contributed by atoms with Crippen LogP contribution in [0.15, 0.2) is 29.4 Å². The van der Waals surface area contributed by atoms with Crippen LogP contribution in [0, 0.1) is 0 Å². The zero-order valence-electron chi connectivity index (χ0n) is 14.2. The van der Waals surface area contributed by atoms with Crippen LogP contribution in [0.1, 0.15) is 32.1 Å². The molecule has 2 aromatic rings. The molecule has 0 saturated heterocycles. The Hall–Kier alpha value is -1.73. The van der Waals surface area contributed by atoms with Gasteiger partial charge in [0.2, 0.25) is 11.1 Å². The van der Waals surface area contributed by atoms with Crippen molar-refractivity contribution >= 4 is 29.3 Å². The SMILES string of the molecule is CN(C(=O)CSc1nnc(-c2cccc(Cl)c2)n1N)C1CCCCC1. The number of halogens is 1. The minimum Gasteiger partial charge on any atom is -0.342 e. The third kappa shape index (κ3) is 4.27. The molecule has 1 aliphatic carbocycles. The first-order valence-corrected chi connectivity index (χ1v) is 9.77. The van der Waals surface area contributed by atoms with Gasteiger partial charge in [0.1, 0.15) is 0 Å². The summed E-state index contributed by atoms with van der Waals surface area (Å²) in [6.45, 7) is 0. The van der Waals surface area contributed by atoms with E-state index in [4.69, 9.17) is 17.4 Å². The summed E-state index contributed by atoms with van der Waals surface area (Å²) in [5.41, 5.74) is 0.792. The first-order chi connectivity index (χ1) is 12.1. The van der Waals surface area contributed by atoms with Crippen LogP contribution in [0.2, 0.25) is 5.02 Å². The van der Waals surface area contributed by atoms with Gasteiger partial charge in [-0.1, -0.05) is 54.8 Å². The highest BCUT2D eigenvalue weighted by Gasteiger charge is 2.23. The number of thioether (sulfide) groups is 1. The number of nitrogens with two attached hydrogens (primary N) is 1. The highest BCUT2D eigenvalue weighted by atomic mass is 35.5. The summed E-state index contributed by atoms with van der Waals surface area (Å²) in [5.74, 6) is 7.02. The van der Waals surface area contributed by atoms with Gasteiger partial charge >= 0.3 is 0 Å². The molecule has 1 heterocycles. The Balaban J connectivity index is 1.63. The second-order valence-electron chi connectivity index (χ2n) is 6.27. The fraction of sp³-hybridized carbons (Fsp3) is 0.471. The molecule has 3 rings (SSSR count). The van der Waals surface area contributed by atoms with E-state index >= 15 is 0 Å². The second-order valence-corrected chi connectivity index (χ2v) is 7.65. The minimum atomic E-state index is 0.101. The molecule has 0 spiro atoms. The maximum Gasteiger partial charge on any atom is 0.233 e. The Morgan fingerprint density at radius 3 is 2.84 bits per heavy atom. The van der Waals surface area contributed by atoms with Crippen molar-refractivity contribution < 1.29 is 4.79 Å². The molecule has 1 fully saturated rings. The van der Waals surface area contributed by atoms with Crippen molar-refractivity contribution in [2.24, 2.45) is 0 Å². The van der Waals surface area contributed by atoms with E-state index in [0.29, 0.717) is 27.8 Å². The lowest BCUT2D eigenvalue weighted by Gasteiger charge is -2.31. The predicted octanol–water partition coefficient (Wildman–Crippen LogP) is 3.20. The lowest BCUT2D eigenvalue weighted by Crippen LogP contribution is -2.39. The summed E-state index contributed by atoms with van der Waals surface area (Å²) in [6.07, 6.45) is 5.87. The van der Waals surface area contributed by atoms with Gasteiger partial charge in [-0.15, -0.1) is 10.2 Å². The quantitative estimate of drug-likeness (QED) is 0.637. The van der Waals surface area contributed by atoms with Crippen LogP contribution >= 0.6 is 23.4 Å². The zero-order valence-corrected chi connectivity index (χ0v) is 15.8. The molecule has 0 bridgehead atoms. The van der Waals surface area contributed by atoms with Gasteiger partial charge in [-0.05, 0) is 25.0 Å². The van der Waals surface area contributed by atoms with E-state index in [-0.39, 0.29) is 5.91 Å². The number of benzene rings is 1. The molecule has 6 nitrogen and oxygen atoms in total. The Morgan fingerprint density at radius 1 is 1.36 bits per heavy atom. The van der Waals surface area contributed by atoms with Crippen molar-refractivity contribution in [3.8, 4) is 11.4 Å². The van der Waals surface area contributed by atoms with Gasteiger partial charge in [-0.3, -0.25) is 4.79 Å². The van der Waals surface area contributed by atoms with Gasteiger partial charge < -0.3 is 10.7 Å². The molecule has 1 saturated carbocycles. The van der Waals surface area contributed by atoms with Gasteiger partial charge in [0.05, 0.1) is 5.75 Å². The Morgan fingerprint density at radius 2 is 2.12 bits per heavy atom. The average molecular weight is 380 g/mol. The van der Waals surface area contributed by atoms with Crippen molar-refractivity contribution in [1.29, 1.82) is 0 Å². The maximum absolute atomic E-state index is 12.4. The molecule has 8 heteroatoms. The third-order valence-corrected chi connectivity index (χ3v) is 5.75. The number of rotatable bonds is 5. The molecular weight excluding hydrogens is 358 g/mol. The van der Waals surface area contributed by atoms with E-state index in [1.165, 1.54) is 35.7 Å². The molecule has 0 unspecified atom stereocenters. The molecule has 1 aliphatic rings. The summed E-state index contributed by atoms with van der Waals surface area (Å²) in [6, 6.07) is 7.64. The van der Waals surface area contributed by atoms with Gasteiger partial charge in [-0.25, -0.2) is 4.68 Å². The number of hydrogen-bond donors (Lipinski definition) is 1. The Bertz CT molecular complexity index is 744. The average Bonchev–Trinajstić information content (AvgIpc) is 3.00. The largest absolute Gasteiger partial charge is 0.342 e. The summed E-state index contributed by atoms with van der Waals surface area (Å²) in [4.78, 5) is 14.3. The smallest absolute Gasteiger partial charge is 0.233 e. The third-order valence-electron chi connectivity index (χ3n) is 4.59. The van der Waals surface area contributed by atoms with Crippen LogP contribution in [0.4, 0.5) is 0 Å². The first kappa shape index (κ1) is 18.1. The number of carbonyl (C=O) groups is 1. The standard InChI is InChI=1S/C17H22ClN5OS/c1-22(14-8-3-2-4-9-14)15(24)11-25-17-21-20-16(23(17)19)12-6-5-7-13(18)10-12/h5-7,10,14H,2-4,8-9,11,19H2,1H3. The number of hydrogen-bond acceptors (Lipinski definition) is 5. The van der Waals surface area contributed by atoms with E-state index in [1.54, 1.807) is 12.1 Å². The molecule has 134 valence electrons. The molecule has 1 aromatic carbocycles. The monoisotopic (exact) mass is 379 g/mol. The Labute approximate surface area is 156 Å². The van der Waals surface area contributed by atoms with Crippen LogP contribution < -0.4 is 5.84 Å². The summed E-state index contributed by atoms with van der Waals surface area (Å²) in [5, 5.41) is 9.35. The van der Waals surface area contributed by atoms with Crippen LogP contribution in [0.3, 0.4) is 0 Å². The molecular formula is C17H22ClN5OS. The van der Waals surface area contributed by atoms with E-state index in [2.05, 4.69) is 10.2 Å². The summed E-state index contributed by atoms with van der Waals surface area (Å²) >= 11 is 7.32. The predicted molar refractivity (Wildman–Crippen MR) is 101 cm³/mol. The van der Waals surface area contributed by atoms with E-state index in [9.17, 15) is 4.79 Å². The molecule has 1 aromatic heterocycles. The fourth-order valence-corrected chi connectivity index (χ4v) is 4.07. The van der Waals surface area contributed by atoms with Crippen molar-refractivity contribution in [2.75, 3.05) is 18.6 Å². The lowest BCUT2D eigenvalue weighted by molar-refractivity contribution is -0.129. The molecule has 2 N–H and O–H groups in total. The highest BCUT2D eigenvalue weighted by molar-refractivity contribution is 7.99. The Kier molecular flexibility index (Phi) is 5.86. The number of aromatic nitrogens is 3. The van der Waals surface area contributed by atoms with Crippen LogP contribution in [-0.4, -0.2) is 44.5 Å². The molecule has 0 radical (unpaired) electrons. The molecule has 0 atom stereocenters. The molecule has 25 heavy (non-hydrogen) atoms.